The molecule has 0 aromatic carbocycles. The topological polar surface area (TPSA) is 61.8 Å². The van der Waals surface area contributed by atoms with E-state index in [2.05, 4.69) is 30.8 Å². The predicted octanol–water partition coefficient (Wildman–Crippen LogP) is 1.10. The molecule has 0 saturated carbocycles. The van der Waals surface area contributed by atoms with Crippen molar-refractivity contribution in [2.24, 2.45) is 16.8 Å². The maximum Gasteiger partial charge on any atom is 0.153 e. The first-order valence-electron chi connectivity index (χ1n) is 4.78. The van der Waals surface area contributed by atoms with Gasteiger partial charge < -0.3 is 10.9 Å². The standard InChI is InChI=1S/C9H21N3O/c1-4-12(6-5-8(2)3)7-9(10)11-13/h8,13H,4-7H2,1-3H3,(H2,10,11). The maximum atomic E-state index is 8.39. The minimum absolute atomic E-state index is 0.283. The van der Waals surface area contributed by atoms with Gasteiger partial charge in [0.05, 0.1) is 6.54 Å². The molecule has 0 heterocycles. The highest BCUT2D eigenvalue weighted by Crippen LogP contribution is 2.01. The van der Waals surface area contributed by atoms with Crippen LogP contribution in [0.2, 0.25) is 0 Å². The lowest BCUT2D eigenvalue weighted by atomic mass is 10.1. The summed E-state index contributed by atoms with van der Waals surface area (Å²) in [4.78, 5) is 2.16. The van der Waals surface area contributed by atoms with Crippen molar-refractivity contribution in [2.75, 3.05) is 19.6 Å². The van der Waals surface area contributed by atoms with Crippen molar-refractivity contribution in [2.45, 2.75) is 27.2 Å². The molecule has 0 spiro atoms. The Kier molecular flexibility index (Phi) is 6.32. The zero-order valence-electron chi connectivity index (χ0n) is 8.82. The number of amidine groups is 1. The molecular formula is C9H21N3O. The number of likely N-dealkylation sites (N-methyl/N-ethyl adjacent to an activating group) is 1. The fourth-order valence-electron chi connectivity index (χ4n) is 1.05. The minimum Gasteiger partial charge on any atom is -0.409 e. The van der Waals surface area contributed by atoms with Crippen molar-refractivity contribution < 1.29 is 5.21 Å². The zero-order valence-corrected chi connectivity index (χ0v) is 8.82. The van der Waals surface area contributed by atoms with Crippen LogP contribution in [0.4, 0.5) is 0 Å². The summed E-state index contributed by atoms with van der Waals surface area (Å²) in [5.41, 5.74) is 5.41. The molecule has 3 N–H and O–H groups in total. The molecule has 0 fully saturated rings. The Balaban J connectivity index is 3.76. The van der Waals surface area contributed by atoms with E-state index >= 15 is 0 Å². The van der Waals surface area contributed by atoms with Gasteiger partial charge in [-0.05, 0) is 25.4 Å². The van der Waals surface area contributed by atoms with Crippen molar-refractivity contribution in [3.63, 3.8) is 0 Å². The van der Waals surface area contributed by atoms with Crippen LogP contribution in [-0.4, -0.2) is 35.6 Å². The fraction of sp³-hybridized carbons (Fsp3) is 0.889. The van der Waals surface area contributed by atoms with Gasteiger partial charge in [-0.15, -0.1) is 0 Å². The number of nitrogens with two attached hydrogens (primary N) is 1. The molecule has 0 aliphatic carbocycles. The van der Waals surface area contributed by atoms with E-state index in [1.165, 1.54) is 0 Å². The van der Waals surface area contributed by atoms with E-state index in [1.54, 1.807) is 0 Å². The van der Waals surface area contributed by atoms with Crippen molar-refractivity contribution in [3.05, 3.63) is 0 Å². The Morgan fingerprint density at radius 1 is 1.54 bits per heavy atom. The summed E-state index contributed by atoms with van der Waals surface area (Å²) in [6.45, 7) is 8.95. The van der Waals surface area contributed by atoms with Gasteiger partial charge in [-0.3, -0.25) is 4.90 Å². The van der Waals surface area contributed by atoms with E-state index in [0.29, 0.717) is 12.5 Å². The van der Waals surface area contributed by atoms with E-state index in [1.807, 2.05) is 0 Å². The third-order valence-electron chi connectivity index (χ3n) is 1.98. The van der Waals surface area contributed by atoms with Crippen LogP contribution in [0.3, 0.4) is 0 Å². The van der Waals surface area contributed by atoms with Crippen molar-refractivity contribution >= 4 is 5.84 Å². The van der Waals surface area contributed by atoms with Gasteiger partial charge in [0.15, 0.2) is 5.84 Å². The second-order valence-electron chi connectivity index (χ2n) is 3.64. The molecule has 0 atom stereocenters. The van der Waals surface area contributed by atoms with E-state index in [9.17, 15) is 0 Å². The molecule has 4 heteroatoms. The lowest BCUT2D eigenvalue weighted by Crippen LogP contribution is -2.34. The zero-order chi connectivity index (χ0) is 10.3. The number of rotatable bonds is 6. The van der Waals surface area contributed by atoms with E-state index in [-0.39, 0.29) is 5.84 Å². The molecule has 0 unspecified atom stereocenters. The van der Waals surface area contributed by atoms with Crippen LogP contribution in [0.1, 0.15) is 27.2 Å². The SMILES string of the molecule is CCN(CCC(C)C)CC(N)=NO. The van der Waals surface area contributed by atoms with Gasteiger partial charge in [-0.2, -0.15) is 0 Å². The van der Waals surface area contributed by atoms with Gasteiger partial charge in [0, 0.05) is 0 Å². The molecule has 0 amide bonds. The summed E-state index contributed by atoms with van der Waals surface area (Å²) in [5, 5.41) is 11.3. The van der Waals surface area contributed by atoms with Crippen LogP contribution in [0.5, 0.6) is 0 Å². The number of oxime groups is 1. The molecule has 0 saturated heterocycles. The van der Waals surface area contributed by atoms with E-state index < -0.39 is 0 Å². The highest BCUT2D eigenvalue weighted by Gasteiger charge is 2.05. The van der Waals surface area contributed by atoms with Gasteiger partial charge in [-0.1, -0.05) is 25.9 Å². The van der Waals surface area contributed by atoms with Gasteiger partial charge >= 0.3 is 0 Å². The molecule has 0 bridgehead atoms. The summed E-state index contributed by atoms with van der Waals surface area (Å²) in [6.07, 6.45) is 1.15. The minimum atomic E-state index is 0.283. The monoisotopic (exact) mass is 187 g/mol. The van der Waals surface area contributed by atoms with E-state index in [4.69, 9.17) is 10.9 Å². The smallest absolute Gasteiger partial charge is 0.153 e. The molecule has 78 valence electrons. The van der Waals surface area contributed by atoms with Gasteiger partial charge in [0.2, 0.25) is 0 Å². The Morgan fingerprint density at radius 2 is 2.15 bits per heavy atom. The second-order valence-corrected chi connectivity index (χ2v) is 3.64. The first kappa shape index (κ1) is 12.2. The molecule has 0 aromatic rings. The summed E-state index contributed by atoms with van der Waals surface area (Å²) < 4.78 is 0. The maximum absolute atomic E-state index is 8.39. The summed E-state index contributed by atoms with van der Waals surface area (Å²) in [6, 6.07) is 0. The lowest BCUT2D eigenvalue weighted by Gasteiger charge is -2.20. The lowest BCUT2D eigenvalue weighted by molar-refractivity contribution is 0.288. The molecule has 4 nitrogen and oxygen atoms in total. The van der Waals surface area contributed by atoms with Crippen molar-refractivity contribution in [1.82, 2.24) is 4.90 Å². The molecule has 0 aliphatic heterocycles. The van der Waals surface area contributed by atoms with E-state index in [0.717, 1.165) is 19.5 Å². The second kappa shape index (κ2) is 6.71. The number of hydrogen-bond donors (Lipinski definition) is 2. The van der Waals surface area contributed by atoms with Crippen molar-refractivity contribution in [1.29, 1.82) is 0 Å². The number of hydrogen-bond acceptors (Lipinski definition) is 3. The van der Waals surface area contributed by atoms with Crippen LogP contribution < -0.4 is 5.73 Å². The Labute approximate surface area is 80.4 Å². The molecular weight excluding hydrogens is 166 g/mol. The summed E-state index contributed by atoms with van der Waals surface area (Å²) >= 11 is 0. The molecule has 13 heavy (non-hydrogen) atoms. The van der Waals surface area contributed by atoms with Gasteiger partial charge in [0.25, 0.3) is 0 Å². The van der Waals surface area contributed by atoms with Gasteiger partial charge in [0.1, 0.15) is 0 Å². The Hall–Kier alpha value is -0.770. The third-order valence-corrected chi connectivity index (χ3v) is 1.98. The molecule has 0 radical (unpaired) electrons. The Bertz CT molecular complexity index is 157. The predicted molar refractivity (Wildman–Crippen MR) is 55.0 cm³/mol. The average Bonchev–Trinajstić information content (AvgIpc) is 2.11. The normalized spacial score (nSPS) is 12.8. The molecule has 0 rings (SSSR count). The third kappa shape index (κ3) is 6.40. The van der Waals surface area contributed by atoms with Crippen LogP contribution in [0.15, 0.2) is 5.16 Å². The molecule has 0 aromatic heterocycles. The summed E-state index contributed by atoms with van der Waals surface area (Å²) in [7, 11) is 0. The van der Waals surface area contributed by atoms with Crippen molar-refractivity contribution in [3.8, 4) is 0 Å². The first-order chi connectivity index (χ1) is 6.10. The molecule has 0 aliphatic rings. The largest absolute Gasteiger partial charge is 0.409 e. The quantitative estimate of drug-likeness (QED) is 0.283. The summed E-state index contributed by atoms with van der Waals surface area (Å²) in [5.74, 6) is 0.979. The van der Waals surface area contributed by atoms with Gasteiger partial charge in [-0.25, -0.2) is 0 Å². The Morgan fingerprint density at radius 3 is 2.54 bits per heavy atom. The first-order valence-corrected chi connectivity index (χ1v) is 4.78. The van der Waals surface area contributed by atoms with Crippen LogP contribution >= 0.6 is 0 Å². The highest BCUT2D eigenvalue weighted by molar-refractivity contribution is 5.81. The highest BCUT2D eigenvalue weighted by atomic mass is 16.4. The number of nitrogens with zero attached hydrogens (tertiary/aromatic N) is 2. The fourth-order valence-corrected chi connectivity index (χ4v) is 1.05. The average molecular weight is 187 g/mol. The van der Waals surface area contributed by atoms with Crippen LogP contribution in [0, 0.1) is 5.92 Å². The van der Waals surface area contributed by atoms with Crippen LogP contribution in [-0.2, 0) is 0 Å². The van der Waals surface area contributed by atoms with Crippen LogP contribution in [0.25, 0.3) is 0 Å².